The van der Waals surface area contributed by atoms with Crippen LogP contribution in [0.2, 0.25) is 0 Å². The Labute approximate surface area is 182 Å². The van der Waals surface area contributed by atoms with Crippen LogP contribution in [-0.2, 0) is 11.3 Å². The molecule has 3 aromatic rings. The highest BCUT2D eigenvalue weighted by Gasteiger charge is 2.16. The van der Waals surface area contributed by atoms with E-state index in [4.69, 9.17) is 9.73 Å². The molecule has 0 radical (unpaired) electrons. The van der Waals surface area contributed by atoms with Crippen LogP contribution in [0.15, 0.2) is 65.7 Å². The predicted molar refractivity (Wildman–Crippen MR) is 123 cm³/mol. The molecule has 158 valence electrons. The van der Waals surface area contributed by atoms with Gasteiger partial charge in [-0.25, -0.2) is 9.79 Å². The van der Waals surface area contributed by atoms with Gasteiger partial charge in [-0.3, -0.25) is 0 Å². The molecular weight excluding hydrogens is 394 g/mol. The fourth-order valence-electron chi connectivity index (χ4n) is 3.13. The van der Waals surface area contributed by atoms with E-state index in [0.29, 0.717) is 6.54 Å². The highest BCUT2D eigenvalue weighted by Crippen LogP contribution is 2.26. The molecule has 0 saturated heterocycles. The first-order valence-corrected chi connectivity index (χ1v) is 11.0. The average molecular weight is 424 g/mol. The lowest BCUT2D eigenvalue weighted by Gasteiger charge is -2.19. The van der Waals surface area contributed by atoms with Gasteiger partial charge < -0.3 is 14.6 Å². The third kappa shape index (κ3) is 6.07. The predicted octanol–water partition coefficient (Wildman–Crippen LogP) is 5.67. The van der Waals surface area contributed by atoms with Crippen molar-refractivity contribution in [3.63, 3.8) is 0 Å². The third-order valence-corrected chi connectivity index (χ3v) is 5.33. The van der Waals surface area contributed by atoms with Crippen LogP contribution in [0.4, 0.5) is 10.5 Å². The second-order valence-electron chi connectivity index (χ2n) is 8.04. The lowest BCUT2D eigenvalue weighted by atomic mass is 10.1. The molecule has 6 heteroatoms. The molecule has 0 fully saturated rings. The molecule has 0 atom stereocenters. The first kappa shape index (κ1) is 21.8. The topological polar surface area (TPSA) is 55.6 Å². The van der Waals surface area contributed by atoms with Gasteiger partial charge in [0.25, 0.3) is 0 Å². The van der Waals surface area contributed by atoms with Gasteiger partial charge in [-0.05, 0) is 51.8 Å². The number of para-hydroxylation sites is 1. The highest BCUT2D eigenvalue weighted by atomic mass is 32.1. The summed E-state index contributed by atoms with van der Waals surface area (Å²) in [5.74, 6) is 0. The molecule has 1 amide bonds. The summed E-state index contributed by atoms with van der Waals surface area (Å²) in [6, 6.07) is 20.4. The second-order valence-corrected chi connectivity index (χ2v) is 9.22. The van der Waals surface area contributed by atoms with Gasteiger partial charge in [0.05, 0.1) is 11.4 Å². The van der Waals surface area contributed by atoms with Gasteiger partial charge in [0, 0.05) is 18.0 Å². The third-order valence-electron chi connectivity index (χ3n) is 4.33. The van der Waals surface area contributed by atoms with Crippen LogP contribution in [0.3, 0.4) is 0 Å². The minimum atomic E-state index is -0.495. The lowest BCUT2D eigenvalue weighted by molar-refractivity contribution is 0.0526. The van der Waals surface area contributed by atoms with Crippen molar-refractivity contribution in [1.29, 1.82) is 0 Å². The van der Waals surface area contributed by atoms with E-state index in [1.807, 2.05) is 57.2 Å². The van der Waals surface area contributed by atoms with Crippen LogP contribution in [-0.4, -0.2) is 22.8 Å². The number of thiazole rings is 1. The maximum Gasteiger partial charge on any atom is 0.407 e. The minimum Gasteiger partial charge on any atom is -0.444 e. The number of alkyl carbamates (subject to hydrolysis) is 1. The number of ether oxygens (including phenoxy) is 1. The Kier molecular flexibility index (Phi) is 7.11. The van der Waals surface area contributed by atoms with E-state index in [2.05, 4.69) is 41.1 Å². The zero-order chi connectivity index (χ0) is 21.6. The summed E-state index contributed by atoms with van der Waals surface area (Å²) >= 11 is 1.69. The molecule has 30 heavy (non-hydrogen) atoms. The molecule has 0 aliphatic carbocycles. The van der Waals surface area contributed by atoms with Crippen molar-refractivity contribution >= 4 is 23.1 Å². The van der Waals surface area contributed by atoms with Gasteiger partial charge in [-0.15, -0.1) is 11.3 Å². The average Bonchev–Trinajstić information content (AvgIpc) is 3.00. The quantitative estimate of drug-likeness (QED) is 0.519. The summed E-state index contributed by atoms with van der Waals surface area (Å²) in [7, 11) is 0. The molecule has 3 rings (SSSR count). The van der Waals surface area contributed by atoms with Crippen LogP contribution in [0.25, 0.3) is 11.3 Å². The Morgan fingerprint density at radius 1 is 1.07 bits per heavy atom. The number of hydrogen-bond acceptors (Lipinski definition) is 4. The number of nitrogens with zero attached hydrogens (tertiary/aromatic N) is 2. The van der Waals surface area contributed by atoms with Crippen molar-refractivity contribution in [3.05, 3.63) is 70.3 Å². The summed E-state index contributed by atoms with van der Waals surface area (Å²) in [5, 5.41) is 2.84. The summed E-state index contributed by atoms with van der Waals surface area (Å²) < 4.78 is 7.57. The van der Waals surface area contributed by atoms with Gasteiger partial charge in [-0.2, -0.15) is 0 Å². The molecule has 0 bridgehead atoms. The van der Waals surface area contributed by atoms with Crippen molar-refractivity contribution in [2.24, 2.45) is 4.99 Å². The minimum absolute atomic E-state index is 0.383. The van der Waals surface area contributed by atoms with Gasteiger partial charge >= 0.3 is 6.09 Å². The van der Waals surface area contributed by atoms with E-state index in [0.717, 1.165) is 23.5 Å². The largest absolute Gasteiger partial charge is 0.444 e. The molecule has 1 N–H and O–H groups in total. The van der Waals surface area contributed by atoms with Crippen molar-refractivity contribution in [2.45, 2.75) is 46.3 Å². The van der Waals surface area contributed by atoms with Crippen molar-refractivity contribution in [1.82, 2.24) is 9.88 Å². The standard InChI is InChI=1S/C24H29N3O2S/c1-18-21(19-12-7-5-8-13-19)27(17-11-16-25-23(28)29-24(2,3)4)22(30-18)26-20-14-9-6-10-15-20/h5-10,12-15H,11,16-17H2,1-4H3,(H,25,28)/b26-22+. The molecular formula is C24H29N3O2S. The number of carbonyl (C=O) groups is 1. The fraction of sp³-hybridized carbons (Fsp3) is 0.333. The van der Waals surface area contributed by atoms with Crippen molar-refractivity contribution in [2.75, 3.05) is 6.54 Å². The number of rotatable bonds is 6. The summed E-state index contributed by atoms with van der Waals surface area (Å²) in [5.41, 5.74) is 2.78. The normalized spacial score (nSPS) is 12.1. The Bertz CT molecular complexity index is 1030. The zero-order valence-electron chi connectivity index (χ0n) is 18.0. The molecule has 1 aromatic heterocycles. The Morgan fingerprint density at radius 3 is 2.33 bits per heavy atom. The van der Waals surface area contributed by atoms with Crippen LogP contribution >= 0.6 is 11.3 Å². The zero-order valence-corrected chi connectivity index (χ0v) is 18.8. The number of hydrogen-bond donors (Lipinski definition) is 1. The highest BCUT2D eigenvalue weighted by molar-refractivity contribution is 7.09. The van der Waals surface area contributed by atoms with Crippen LogP contribution < -0.4 is 10.1 Å². The maximum absolute atomic E-state index is 11.9. The van der Waals surface area contributed by atoms with E-state index in [-0.39, 0.29) is 6.09 Å². The van der Waals surface area contributed by atoms with E-state index < -0.39 is 5.60 Å². The first-order chi connectivity index (χ1) is 14.3. The number of benzene rings is 2. The number of aromatic nitrogens is 1. The lowest BCUT2D eigenvalue weighted by Crippen LogP contribution is -2.33. The van der Waals surface area contributed by atoms with E-state index in [1.165, 1.54) is 16.1 Å². The molecule has 2 aromatic carbocycles. The molecule has 0 aliphatic rings. The van der Waals surface area contributed by atoms with Gasteiger partial charge in [-0.1, -0.05) is 48.5 Å². The maximum atomic E-state index is 11.9. The Balaban J connectivity index is 1.84. The number of nitrogens with one attached hydrogen (secondary N) is 1. The van der Waals surface area contributed by atoms with E-state index in [1.54, 1.807) is 11.3 Å². The van der Waals surface area contributed by atoms with E-state index >= 15 is 0 Å². The Hall–Kier alpha value is -2.86. The van der Waals surface area contributed by atoms with E-state index in [9.17, 15) is 4.79 Å². The summed E-state index contributed by atoms with van der Waals surface area (Å²) in [6.45, 7) is 9.00. The molecule has 5 nitrogen and oxygen atoms in total. The molecule has 0 unspecified atom stereocenters. The first-order valence-electron chi connectivity index (χ1n) is 10.2. The SMILES string of the molecule is Cc1s/c(=N/c2ccccc2)n(CCCNC(=O)OC(C)(C)C)c1-c1ccccc1. The summed E-state index contributed by atoms with van der Waals surface area (Å²) in [6.07, 6.45) is 0.392. The molecule has 0 aliphatic heterocycles. The smallest absolute Gasteiger partial charge is 0.407 e. The Morgan fingerprint density at radius 2 is 1.70 bits per heavy atom. The van der Waals surface area contributed by atoms with Crippen LogP contribution in [0.1, 0.15) is 32.1 Å². The molecule has 0 saturated carbocycles. The number of aryl methyl sites for hydroxylation is 1. The summed E-state index contributed by atoms with van der Waals surface area (Å²) in [4.78, 5) is 19.0. The van der Waals surface area contributed by atoms with Crippen molar-refractivity contribution in [3.8, 4) is 11.3 Å². The van der Waals surface area contributed by atoms with Crippen LogP contribution in [0.5, 0.6) is 0 Å². The monoisotopic (exact) mass is 423 g/mol. The second kappa shape index (κ2) is 9.76. The fourth-order valence-corrected chi connectivity index (χ4v) is 4.17. The van der Waals surface area contributed by atoms with Gasteiger partial charge in [0.15, 0.2) is 4.80 Å². The van der Waals surface area contributed by atoms with Crippen molar-refractivity contribution < 1.29 is 9.53 Å². The van der Waals surface area contributed by atoms with Gasteiger partial charge in [0.1, 0.15) is 5.60 Å². The number of carbonyl (C=O) groups excluding carboxylic acids is 1. The molecule has 1 heterocycles. The van der Waals surface area contributed by atoms with Gasteiger partial charge in [0.2, 0.25) is 0 Å². The van der Waals surface area contributed by atoms with Crippen LogP contribution in [0, 0.1) is 6.92 Å². The molecule has 0 spiro atoms. The number of amides is 1.